The number of amides is 3. The van der Waals surface area contributed by atoms with Crippen molar-refractivity contribution in [1.82, 2.24) is 10.6 Å². The standard InChI is InChI=1S/C10H9ClN2O2/c1-10(8(14)12-9(15)13-10)6-3-2-4-7(11)5-6/h2-5H,1H3,(H2,12,13,14,15). The van der Waals surface area contributed by atoms with Crippen LogP contribution < -0.4 is 10.6 Å². The van der Waals surface area contributed by atoms with Gasteiger partial charge in [0.15, 0.2) is 0 Å². The lowest BCUT2D eigenvalue weighted by Crippen LogP contribution is -2.40. The van der Waals surface area contributed by atoms with E-state index in [1.165, 1.54) is 0 Å². The highest BCUT2D eigenvalue weighted by Crippen LogP contribution is 2.26. The minimum atomic E-state index is -1.03. The second kappa shape index (κ2) is 3.24. The highest BCUT2D eigenvalue weighted by molar-refractivity contribution is 6.30. The molecule has 0 aromatic heterocycles. The Morgan fingerprint density at radius 2 is 2.07 bits per heavy atom. The Labute approximate surface area is 91.6 Å². The molecule has 0 radical (unpaired) electrons. The van der Waals surface area contributed by atoms with Crippen molar-refractivity contribution in [2.24, 2.45) is 0 Å². The normalized spacial score (nSPS) is 24.9. The first-order chi connectivity index (χ1) is 7.02. The molecule has 4 nitrogen and oxygen atoms in total. The molecule has 15 heavy (non-hydrogen) atoms. The predicted octanol–water partition coefficient (Wildman–Crippen LogP) is 1.39. The molecular weight excluding hydrogens is 216 g/mol. The molecule has 5 heteroatoms. The molecule has 78 valence electrons. The zero-order valence-corrected chi connectivity index (χ0v) is 8.76. The summed E-state index contributed by atoms with van der Waals surface area (Å²) >= 11 is 5.82. The number of hydrogen-bond donors (Lipinski definition) is 2. The smallest absolute Gasteiger partial charge is 0.320 e. The summed E-state index contributed by atoms with van der Waals surface area (Å²) < 4.78 is 0. The summed E-state index contributed by atoms with van der Waals surface area (Å²) in [6.07, 6.45) is 0. The SMILES string of the molecule is CC1(c2cccc(Cl)c2)NC(=O)NC1=O. The molecule has 0 spiro atoms. The molecule has 2 N–H and O–H groups in total. The quantitative estimate of drug-likeness (QED) is 0.709. The van der Waals surface area contributed by atoms with Crippen molar-refractivity contribution in [2.75, 3.05) is 0 Å². The van der Waals surface area contributed by atoms with Gasteiger partial charge in [-0.05, 0) is 24.6 Å². The average Bonchev–Trinajstić information content (AvgIpc) is 2.42. The Hall–Kier alpha value is -1.55. The number of halogens is 1. The lowest BCUT2D eigenvalue weighted by atomic mass is 9.92. The average molecular weight is 225 g/mol. The van der Waals surface area contributed by atoms with Gasteiger partial charge in [-0.2, -0.15) is 0 Å². The van der Waals surface area contributed by atoms with Gasteiger partial charge in [-0.25, -0.2) is 4.79 Å². The van der Waals surface area contributed by atoms with Gasteiger partial charge >= 0.3 is 6.03 Å². The molecule has 1 atom stereocenters. The van der Waals surface area contributed by atoms with Crippen LogP contribution in [0.15, 0.2) is 24.3 Å². The first-order valence-corrected chi connectivity index (χ1v) is 4.80. The van der Waals surface area contributed by atoms with Crippen molar-refractivity contribution in [2.45, 2.75) is 12.5 Å². The van der Waals surface area contributed by atoms with Crippen LogP contribution in [0.25, 0.3) is 0 Å². The Kier molecular flexibility index (Phi) is 2.16. The van der Waals surface area contributed by atoms with Crippen LogP contribution in [-0.2, 0) is 10.3 Å². The van der Waals surface area contributed by atoms with Crippen molar-refractivity contribution in [3.05, 3.63) is 34.9 Å². The van der Waals surface area contributed by atoms with Gasteiger partial charge in [0, 0.05) is 5.02 Å². The third-order valence-corrected chi connectivity index (χ3v) is 2.68. The van der Waals surface area contributed by atoms with Gasteiger partial charge in [0.05, 0.1) is 0 Å². The molecule has 1 aromatic carbocycles. The van der Waals surface area contributed by atoms with Crippen LogP contribution in [0.1, 0.15) is 12.5 Å². The molecule has 1 aromatic rings. The van der Waals surface area contributed by atoms with Crippen molar-refractivity contribution >= 4 is 23.5 Å². The highest BCUT2D eigenvalue weighted by atomic mass is 35.5. The zero-order valence-electron chi connectivity index (χ0n) is 8.00. The summed E-state index contributed by atoms with van der Waals surface area (Å²) in [4.78, 5) is 22.6. The van der Waals surface area contributed by atoms with E-state index in [0.717, 1.165) is 0 Å². The number of carbonyl (C=O) groups excluding carboxylic acids is 2. The van der Waals surface area contributed by atoms with Gasteiger partial charge in [-0.15, -0.1) is 0 Å². The number of hydrogen-bond acceptors (Lipinski definition) is 2. The fourth-order valence-electron chi connectivity index (χ4n) is 1.55. The Balaban J connectivity index is 2.46. The van der Waals surface area contributed by atoms with Crippen molar-refractivity contribution < 1.29 is 9.59 Å². The van der Waals surface area contributed by atoms with E-state index in [4.69, 9.17) is 11.6 Å². The van der Waals surface area contributed by atoms with E-state index >= 15 is 0 Å². The van der Waals surface area contributed by atoms with Gasteiger partial charge in [0.25, 0.3) is 5.91 Å². The second-order valence-electron chi connectivity index (χ2n) is 3.54. The van der Waals surface area contributed by atoms with Crippen LogP contribution in [0, 0.1) is 0 Å². The van der Waals surface area contributed by atoms with E-state index in [1.807, 2.05) is 0 Å². The zero-order chi connectivity index (χ0) is 11.1. The molecule has 0 aliphatic carbocycles. The minimum absolute atomic E-state index is 0.366. The molecule has 1 fully saturated rings. The molecular formula is C10H9ClN2O2. The van der Waals surface area contributed by atoms with E-state index in [9.17, 15) is 9.59 Å². The van der Waals surface area contributed by atoms with Crippen LogP contribution in [-0.4, -0.2) is 11.9 Å². The number of benzene rings is 1. The van der Waals surface area contributed by atoms with Gasteiger partial charge in [-0.1, -0.05) is 23.7 Å². The Morgan fingerprint density at radius 1 is 1.33 bits per heavy atom. The summed E-state index contributed by atoms with van der Waals surface area (Å²) in [6.45, 7) is 1.64. The van der Waals surface area contributed by atoms with E-state index in [1.54, 1.807) is 31.2 Å². The summed E-state index contributed by atoms with van der Waals surface area (Å²) in [5, 5.41) is 5.29. The maximum Gasteiger partial charge on any atom is 0.322 e. The number of urea groups is 1. The molecule has 2 rings (SSSR count). The lowest BCUT2D eigenvalue weighted by Gasteiger charge is -2.20. The van der Waals surface area contributed by atoms with Gasteiger partial charge in [0.1, 0.15) is 5.54 Å². The van der Waals surface area contributed by atoms with E-state index in [-0.39, 0.29) is 5.91 Å². The van der Waals surface area contributed by atoms with Gasteiger partial charge in [0.2, 0.25) is 0 Å². The number of imide groups is 1. The minimum Gasteiger partial charge on any atom is -0.320 e. The van der Waals surface area contributed by atoms with Crippen LogP contribution in [0.2, 0.25) is 5.02 Å². The summed E-state index contributed by atoms with van der Waals surface area (Å²) in [5.41, 5.74) is -0.361. The monoisotopic (exact) mass is 224 g/mol. The molecule has 3 amide bonds. The molecule has 1 aliphatic heterocycles. The highest BCUT2D eigenvalue weighted by Gasteiger charge is 2.43. The van der Waals surface area contributed by atoms with Crippen LogP contribution in [0.3, 0.4) is 0 Å². The topological polar surface area (TPSA) is 58.2 Å². The van der Waals surface area contributed by atoms with Crippen LogP contribution >= 0.6 is 11.6 Å². The fourth-order valence-corrected chi connectivity index (χ4v) is 1.74. The maximum atomic E-state index is 11.6. The van der Waals surface area contributed by atoms with E-state index < -0.39 is 11.6 Å². The van der Waals surface area contributed by atoms with Crippen molar-refractivity contribution in [3.63, 3.8) is 0 Å². The molecule has 1 saturated heterocycles. The lowest BCUT2D eigenvalue weighted by molar-refractivity contribution is -0.123. The number of nitrogens with one attached hydrogen (secondary N) is 2. The Bertz CT molecular complexity index is 447. The first kappa shape index (κ1) is 9.98. The summed E-state index contributed by atoms with van der Waals surface area (Å²) in [7, 11) is 0. The fraction of sp³-hybridized carbons (Fsp3) is 0.200. The van der Waals surface area contributed by atoms with Crippen molar-refractivity contribution in [1.29, 1.82) is 0 Å². The first-order valence-electron chi connectivity index (χ1n) is 4.42. The molecule has 1 unspecified atom stereocenters. The van der Waals surface area contributed by atoms with Gasteiger partial charge in [-0.3, -0.25) is 10.1 Å². The number of rotatable bonds is 1. The summed E-state index contributed by atoms with van der Waals surface area (Å²) in [5.74, 6) is -0.366. The molecule has 1 heterocycles. The predicted molar refractivity (Wildman–Crippen MR) is 55.5 cm³/mol. The molecule has 1 aliphatic rings. The third kappa shape index (κ3) is 1.57. The molecule has 0 saturated carbocycles. The van der Waals surface area contributed by atoms with Gasteiger partial charge < -0.3 is 5.32 Å². The maximum absolute atomic E-state index is 11.6. The largest absolute Gasteiger partial charge is 0.322 e. The third-order valence-electron chi connectivity index (χ3n) is 2.45. The van der Waals surface area contributed by atoms with Crippen molar-refractivity contribution in [3.8, 4) is 0 Å². The Morgan fingerprint density at radius 3 is 2.60 bits per heavy atom. The summed E-state index contributed by atoms with van der Waals surface area (Å²) in [6, 6.07) is 6.37. The molecule has 0 bridgehead atoms. The van der Waals surface area contributed by atoms with Crippen LogP contribution in [0.5, 0.6) is 0 Å². The van der Waals surface area contributed by atoms with E-state index in [0.29, 0.717) is 10.6 Å². The second-order valence-corrected chi connectivity index (χ2v) is 3.98. The number of carbonyl (C=O) groups is 2. The van der Waals surface area contributed by atoms with Crippen LogP contribution in [0.4, 0.5) is 4.79 Å². The van der Waals surface area contributed by atoms with E-state index in [2.05, 4.69) is 10.6 Å².